The van der Waals surface area contributed by atoms with Gasteiger partial charge in [-0.25, -0.2) is 13.4 Å². The molecule has 28 heavy (non-hydrogen) atoms. The van der Waals surface area contributed by atoms with Gasteiger partial charge in [0.15, 0.2) is 10.3 Å². The summed E-state index contributed by atoms with van der Waals surface area (Å²) in [5.74, 6) is -0.834. The van der Waals surface area contributed by atoms with Crippen LogP contribution in [0.5, 0.6) is 5.75 Å². The Morgan fingerprint density at radius 1 is 1.04 bits per heavy atom. The maximum atomic E-state index is 12.5. The normalized spacial score (nSPS) is 12.0. The van der Waals surface area contributed by atoms with Gasteiger partial charge in [0, 0.05) is 11.4 Å². The highest BCUT2D eigenvalue weighted by atomic mass is 35.5. The zero-order chi connectivity index (χ0) is 20.5. The van der Waals surface area contributed by atoms with Gasteiger partial charge in [-0.1, -0.05) is 35.3 Å². The van der Waals surface area contributed by atoms with Gasteiger partial charge in [-0.3, -0.25) is 9.29 Å². The number of nitrogens with one attached hydrogen (secondary N) is 1. The number of rotatable bonds is 5. The molecule has 0 aliphatic heterocycles. The monoisotopic (exact) mass is 451 g/mol. The summed E-state index contributed by atoms with van der Waals surface area (Å²) >= 11 is 11.8. The largest absolute Gasteiger partial charge is 0.573 e. The molecule has 0 amide bonds. The van der Waals surface area contributed by atoms with E-state index in [-0.39, 0.29) is 16.0 Å². The summed E-state index contributed by atoms with van der Waals surface area (Å²) in [6.07, 6.45) is -3.65. The average molecular weight is 452 g/mol. The van der Waals surface area contributed by atoms with Crippen molar-refractivity contribution in [3.8, 4) is 11.4 Å². The van der Waals surface area contributed by atoms with Gasteiger partial charge in [-0.15, -0.1) is 13.2 Å². The predicted octanol–water partition coefficient (Wildman–Crippen LogP) is 4.88. The second-order valence-corrected chi connectivity index (χ2v) is 7.71. The first-order valence-corrected chi connectivity index (χ1v) is 9.67. The van der Waals surface area contributed by atoms with Gasteiger partial charge in [0.1, 0.15) is 17.0 Å². The Morgan fingerprint density at radius 3 is 2.25 bits per heavy atom. The molecular weight excluding hydrogens is 442 g/mol. The van der Waals surface area contributed by atoms with E-state index in [1.54, 1.807) is 0 Å². The van der Waals surface area contributed by atoms with E-state index in [2.05, 4.69) is 14.4 Å². The molecule has 1 N–H and O–H groups in total. The number of aromatic nitrogens is 2. The molecule has 1 heterocycles. The molecule has 0 saturated carbocycles. The average Bonchev–Trinajstić information content (AvgIpc) is 2.93. The van der Waals surface area contributed by atoms with Gasteiger partial charge in [-0.2, -0.15) is 0 Å². The van der Waals surface area contributed by atoms with Gasteiger partial charge in [0.25, 0.3) is 10.0 Å². The highest BCUT2D eigenvalue weighted by Crippen LogP contribution is 2.31. The Labute approximate surface area is 167 Å². The Hall–Kier alpha value is -2.43. The first kappa shape index (κ1) is 20.3. The molecule has 0 radical (unpaired) electrons. The van der Waals surface area contributed by atoms with Crippen molar-refractivity contribution in [3.63, 3.8) is 0 Å². The molecule has 148 valence electrons. The van der Waals surface area contributed by atoms with Gasteiger partial charge < -0.3 is 4.74 Å². The first-order valence-electron chi connectivity index (χ1n) is 7.43. The summed E-state index contributed by atoms with van der Waals surface area (Å²) in [4.78, 5) is 3.18. The number of ether oxygens (including phenoxy) is 1. The molecule has 0 bridgehead atoms. The minimum absolute atomic E-state index is 0.104. The molecule has 3 aromatic rings. The summed E-state index contributed by atoms with van der Waals surface area (Å²) in [6, 6.07) is 10.3. The first-order chi connectivity index (χ1) is 13.1. The van der Waals surface area contributed by atoms with Gasteiger partial charge in [0.2, 0.25) is 0 Å². The molecule has 2 aromatic carbocycles. The molecule has 0 fully saturated rings. The molecule has 0 atom stereocenters. The summed E-state index contributed by atoms with van der Waals surface area (Å²) in [6.45, 7) is 0. The molecule has 0 unspecified atom stereocenters. The number of halogens is 5. The lowest BCUT2D eigenvalue weighted by Gasteiger charge is -2.14. The summed E-state index contributed by atoms with van der Waals surface area (Å²) in [7, 11) is -4.34. The Kier molecular flexibility index (Phi) is 5.46. The third kappa shape index (κ3) is 4.51. The Balaban J connectivity index is 1.87. The number of benzene rings is 2. The van der Waals surface area contributed by atoms with Crippen molar-refractivity contribution in [1.29, 1.82) is 0 Å². The summed E-state index contributed by atoms with van der Waals surface area (Å²) in [5.41, 5.74) is 0.668. The molecule has 3 rings (SSSR count). The molecule has 0 spiro atoms. The third-order valence-electron chi connectivity index (χ3n) is 3.43. The standard InChI is InChI=1S/C16H10Cl2F3N3O3S/c17-14-15(18)24(9-22-14)11-7-5-10(6-8-11)23-28(25,26)13-4-2-1-3-12(13)27-16(19,20)21/h1-9,23H. The molecule has 6 nitrogen and oxygen atoms in total. The fourth-order valence-electron chi connectivity index (χ4n) is 2.27. The van der Waals surface area contributed by atoms with Gasteiger partial charge in [0.05, 0.1) is 0 Å². The topological polar surface area (TPSA) is 73.2 Å². The van der Waals surface area contributed by atoms with Crippen LogP contribution in [0.3, 0.4) is 0 Å². The highest BCUT2D eigenvalue weighted by Gasteiger charge is 2.34. The minimum Gasteiger partial charge on any atom is -0.404 e. The van der Waals surface area contributed by atoms with Crippen LogP contribution in [0.4, 0.5) is 18.9 Å². The number of hydrogen-bond donors (Lipinski definition) is 1. The second-order valence-electron chi connectivity index (χ2n) is 5.34. The van der Waals surface area contributed by atoms with E-state index < -0.39 is 27.0 Å². The minimum atomic E-state index is -5.03. The van der Waals surface area contributed by atoms with Gasteiger partial charge >= 0.3 is 6.36 Å². The summed E-state index contributed by atoms with van der Waals surface area (Å²) in [5, 5.41) is 0.279. The van der Waals surface area contributed by atoms with Crippen molar-refractivity contribution in [3.05, 3.63) is 65.2 Å². The fraction of sp³-hybridized carbons (Fsp3) is 0.0625. The quantitative estimate of drug-likeness (QED) is 0.599. The lowest BCUT2D eigenvalue weighted by molar-refractivity contribution is -0.275. The highest BCUT2D eigenvalue weighted by molar-refractivity contribution is 7.92. The fourth-order valence-corrected chi connectivity index (χ4v) is 3.79. The van der Waals surface area contributed by atoms with Crippen LogP contribution in [0.25, 0.3) is 5.69 Å². The van der Waals surface area contributed by atoms with Crippen LogP contribution < -0.4 is 9.46 Å². The number of anilines is 1. The summed E-state index contributed by atoms with van der Waals surface area (Å²) < 4.78 is 70.0. The van der Waals surface area contributed by atoms with E-state index in [0.717, 1.165) is 12.1 Å². The van der Waals surface area contributed by atoms with Crippen molar-refractivity contribution in [2.75, 3.05) is 4.72 Å². The van der Waals surface area contributed by atoms with E-state index in [4.69, 9.17) is 23.2 Å². The lowest BCUT2D eigenvalue weighted by atomic mass is 10.3. The maximum Gasteiger partial charge on any atom is 0.573 e. The molecule has 0 aliphatic carbocycles. The van der Waals surface area contributed by atoms with Crippen molar-refractivity contribution in [2.45, 2.75) is 11.3 Å². The van der Waals surface area contributed by atoms with Crippen LogP contribution in [0.2, 0.25) is 10.3 Å². The van der Waals surface area contributed by atoms with E-state index in [1.165, 1.54) is 47.3 Å². The van der Waals surface area contributed by atoms with E-state index in [0.29, 0.717) is 5.69 Å². The number of alkyl halides is 3. The third-order valence-corrected chi connectivity index (χ3v) is 5.59. The Bertz CT molecular complexity index is 1100. The molecule has 1 aromatic heterocycles. The number of hydrogen-bond acceptors (Lipinski definition) is 4. The number of sulfonamides is 1. The van der Waals surface area contributed by atoms with Crippen molar-refractivity contribution < 1.29 is 26.3 Å². The van der Waals surface area contributed by atoms with Crippen molar-refractivity contribution in [2.24, 2.45) is 0 Å². The van der Waals surface area contributed by atoms with Crippen LogP contribution in [-0.4, -0.2) is 24.3 Å². The zero-order valence-electron chi connectivity index (χ0n) is 13.6. The number of nitrogens with zero attached hydrogens (tertiary/aromatic N) is 2. The van der Waals surface area contributed by atoms with Crippen LogP contribution in [0.15, 0.2) is 59.8 Å². The molecule has 12 heteroatoms. The van der Waals surface area contributed by atoms with Crippen LogP contribution in [0, 0.1) is 0 Å². The van der Waals surface area contributed by atoms with Crippen LogP contribution >= 0.6 is 23.2 Å². The second kappa shape index (κ2) is 7.53. The number of imidazole rings is 1. The SMILES string of the molecule is O=S(=O)(Nc1ccc(-n2cnc(Cl)c2Cl)cc1)c1ccccc1OC(F)(F)F. The molecular formula is C16H10Cl2F3N3O3S. The predicted molar refractivity (Wildman–Crippen MR) is 97.5 cm³/mol. The van der Waals surface area contributed by atoms with Crippen LogP contribution in [-0.2, 0) is 10.0 Å². The Morgan fingerprint density at radius 2 is 1.68 bits per heavy atom. The smallest absolute Gasteiger partial charge is 0.404 e. The van der Waals surface area contributed by atoms with Crippen molar-refractivity contribution in [1.82, 2.24) is 9.55 Å². The van der Waals surface area contributed by atoms with E-state index >= 15 is 0 Å². The number of para-hydroxylation sites is 1. The molecule has 0 saturated heterocycles. The maximum absolute atomic E-state index is 12.5. The zero-order valence-corrected chi connectivity index (χ0v) is 15.9. The van der Waals surface area contributed by atoms with Crippen LogP contribution in [0.1, 0.15) is 0 Å². The van der Waals surface area contributed by atoms with E-state index in [9.17, 15) is 21.6 Å². The van der Waals surface area contributed by atoms with Crippen molar-refractivity contribution >= 4 is 38.9 Å². The van der Waals surface area contributed by atoms with E-state index in [1.807, 2.05) is 0 Å². The van der Waals surface area contributed by atoms with Gasteiger partial charge in [-0.05, 0) is 36.4 Å². The lowest BCUT2D eigenvalue weighted by Crippen LogP contribution is -2.20. The molecule has 0 aliphatic rings.